The predicted molar refractivity (Wildman–Crippen MR) is 86.1 cm³/mol. The summed E-state index contributed by atoms with van der Waals surface area (Å²) in [4.78, 5) is 37.8. The Morgan fingerprint density at radius 3 is 2.60 bits per heavy atom. The molecular formula is C19H22O6. The van der Waals surface area contributed by atoms with Gasteiger partial charge in [-0.05, 0) is 18.4 Å². The molecular weight excluding hydrogens is 324 g/mol. The van der Waals surface area contributed by atoms with E-state index in [0.29, 0.717) is 12.8 Å². The van der Waals surface area contributed by atoms with Crippen molar-refractivity contribution in [2.75, 3.05) is 0 Å². The summed E-state index contributed by atoms with van der Waals surface area (Å²) in [5.41, 5.74) is -1.21. The summed E-state index contributed by atoms with van der Waals surface area (Å²) < 4.78 is 11.6. The Balaban J connectivity index is 1.93. The summed E-state index contributed by atoms with van der Waals surface area (Å²) in [6.07, 6.45) is 2.51. The van der Waals surface area contributed by atoms with Crippen LogP contribution in [0.15, 0.2) is 23.5 Å². The van der Waals surface area contributed by atoms with Crippen LogP contribution in [0.4, 0.5) is 0 Å². The second-order valence-corrected chi connectivity index (χ2v) is 7.93. The van der Waals surface area contributed by atoms with Crippen LogP contribution >= 0.6 is 0 Å². The molecule has 134 valence electrons. The molecule has 2 saturated heterocycles. The van der Waals surface area contributed by atoms with E-state index < -0.39 is 35.6 Å². The molecule has 0 aromatic carbocycles. The molecule has 2 aliphatic carbocycles. The van der Waals surface area contributed by atoms with Crippen LogP contribution in [0.3, 0.4) is 0 Å². The number of Topliss-reactive ketones (excluding diaryl/α,β-unsaturated/α-hetero) is 1. The second kappa shape index (κ2) is 5.27. The van der Waals surface area contributed by atoms with Gasteiger partial charge < -0.3 is 14.6 Å². The van der Waals surface area contributed by atoms with E-state index in [-0.39, 0.29) is 34.7 Å². The molecule has 3 heterocycles. The van der Waals surface area contributed by atoms with Crippen molar-refractivity contribution in [1.82, 2.24) is 0 Å². The van der Waals surface area contributed by atoms with E-state index in [0.717, 1.165) is 0 Å². The van der Waals surface area contributed by atoms with Crippen molar-refractivity contribution in [3.8, 4) is 0 Å². The number of carbonyl (C=O) groups excluding carboxylic acids is 3. The molecule has 25 heavy (non-hydrogen) atoms. The number of hydrogen-bond acceptors (Lipinski definition) is 6. The fourth-order valence-corrected chi connectivity index (χ4v) is 4.79. The number of ketones is 2. The van der Waals surface area contributed by atoms with Gasteiger partial charge in [-0.3, -0.25) is 9.59 Å². The van der Waals surface area contributed by atoms with Crippen molar-refractivity contribution >= 4 is 17.5 Å². The average Bonchev–Trinajstić information content (AvgIpc) is 2.83. The molecule has 6 heteroatoms. The molecule has 3 fully saturated rings. The van der Waals surface area contributed by atoms with Crippen molar-refractivity contribution in [3.05, 3.63) is 23.5 Å². The summed E-state index contributed by atoms with van der Waals surface area (Å²) in [6, 6.07) is 0. The van der Waals surface area contributed by atoms with Crippen LogP contribution in [0.25, 0.3) is 0 Å². The van der Waals surface area contributed by atoms with Crippen molar-refractivity contribution in [3.63, 3.8) is 0 Å². The van der Waals surface area contributed by atoms with E-state index in [2.05, 4.69) is 0 Å². The van der Waals surface area contributed by atoms with Gasteiger partial charge in [0.05, 0.1) is 5.92 Å². The molecule has 1 spiro atoms. The number of ether oxygens (including phenoxy) is 2. The topological polar surface area (TPSA) is 89.9 Å². The van der Waals surface area contributed by atoms with Gasteiger partial charge in [-0.25, -0.2) is 4.79 Å². The van der Waals surface area contributed by atoms with Gasteiger partial charge in [0.25, 0.3) is 0 Å². The summed E-state index contributed by atoms with van der Waals surface area (Å²) in [7, 11) is 0. The summed E-state index contributed by atoms with van der Waals surface area (Å²) >= 11 is 0. The maximum Gasteiger partial charge on any atom is 0.346 e. The van der Waals surface area contributed by atoms with Crippen LogP contribution in [0.5, 0.6) is 0 Å². The van der Waals surface area contributed by atoms with Gasteiger partial charge in [0.2, 0.25) is 0 Å². The van der Waals surface area contributed by atoms with E-state index in [4.69, 9.17) is 9.47 Å². The quantitative estimate of drug-likeness (QED) is 0.526. The van der Waals surface area contributed by atoms with Gasteiger partial charge in [0.15, 0.2) is 22.9 Å². The first-order valence-electron chi connectivity index (χ1n) is 8.85. The van der Waals surface area contributed by atoms with E-state index in [9.17, 15) is 19.5 Å². The first-order chi connectivity index (χ1) is 11.8. The van der Waals surface area contributed by atoms with Gasteiger partial charge in [-0.1, -0.05) is 26.8 Å². The molecule has 7 atom stereocenters. The number of fused-ring (bicyclic) bond motifs is 1. The Hall–Kier alpha value is -1.95. The van der Waals surface area contributed by atoms with Gasteiger partial charge in [-0.2, -0.15) is 0 Å². The Bertz CT molecular complexity index is 734. The average molecular weight is 346 g/mol. The minimum Gasteiger partial charge on any atom is -0.486 e. The lowest BCUT2D eigenvalue weighted by molar-refractivity contribution is -0.220. The molecule has 5 bridgehead atoms. The summed E-state index contributed by atoms with van der Waals surface area (Å²) in [5, 5.41) is 10.7. The van der Waals surface area contributed by atoms with Gasteiger partial charge in [0.1, 0.15) is 17.8 Å². The first kappa shape index (κ1) is 16.5. The van der Waals surface area contributed by atoms with Crippen LogP contribution < -0.4 is 0 Å². The maximum absolute atomic E-state index is 12.9. The van der Waals surface area contributed by atoms with E-state index >= 15 is 0 Å². The third kappa shape index (κ3) is 2.09. The lowest BCUT2D eigenvalue weighted by Crippen LogP contribution is -2.63. The van der Waals surface area contributed by atoms with Crippen molar-refractivity contribution in [1.29, 1.82) is 0 Å². The zero-order valence-corrected chi connectivity index (χ0v) is 14.5. The molecule has 0 radical (unpaired) electrons. The SMILES string of the molecule is C[C@@H]1C[C@H](C)C(=O)/C=C/[C@@H]2[C@@H](O)[C@@H]3OC4=C(C(=O)O[C@@]42C[C@H]3C)C1=O. The lowest BCUT2D eigenvalue weighted by Gasteiger charge is -2.54. The Morgan fingerprint density at radius 1 is 1.16 bits per heavy atom. The lowest BCUT2D eigenvalue weighted by atomic mass is 9.64. The zero-order valence-electron chi connectivity index (χ0n) is 14.5. The van der Waals surface area contributed by atoms with E-state index in [1.165, 1.54) is 6.08 Å². The number of allylic oxidation sites excluding steroid dienone is 1. The number of aliphatic hydroxyl groups is 1. The monoisotopic (exact) mass is 346 g/mol. The van der Waals surface area contributed by atoms with Crippen LogP contribution in [-0.4, -0.2) is 40.5 Å². The molecule has 6 nitrogen and oxygen atoms in total. The van der Waals surface area contributed by atoms with E-state index in [1.807, 2.05) is 6.92 Å². The Labute approximate surface area is 145 Å². The fourth-order valence-electron chi connectivity index (χ4n) is 4.79. The third-order valence-corrected chi connectivity index (χ3v) is 6.13. The molecule has 5 aliphatic rings. The molecule has 0 unspecified atom stereocenters. The van der Waals surface area contributed by atoms with Gasteiger partial charge >= 0.3 is 5.97 Å². The number of carbonyl (C=O) groups is 3. The molecule has 0 aromatic heterocycles. The van der Waals surface area contributed by atoms with Crippen LogP contribution in [0.2, 0.25) is 0 Å². The van der Waals surface area contributed by atoms with Crippen molar-refractivity contribution in [2.45, 2.75) is 51.4 Å². The molecule has 1 saturated carbocycles. The number of rotatable bonds is 0. The zero-order chi connectivity index (χ0) is 18.1. The Kier molecular flexibility index (Phi) is 3.48. The van der Waals surface area contributed by atoms with Gasteiger partial charge in [0, 0.05) is 18.3 Å². The van der Waals surface area contributed by atoms with Gasteiger partial charge in [-0.15, -0.1) is 0 Å². The first-order valence-corrected chi connectivity index (χ1v) is 8.85. The maximum atomic E-state index is 12.9. The Morgan fingerprint density at radius 2 is 1.88 bits per heavy atom. The standard InChI is InChI=1S/C19H22O6/c1-8-6-9(2)14(21)13-17-19(25-18(13)23)7-10(3)16(24-17)15(22)11(19)4-5-12(8)20/h4-5,8-11,15-16,22H,6-7H2,1-3H3/b5-4+/t8-,9+,10+,11+,15+,16+,19+/m0/s1. The highest BCUT2D eigenvalue weighted by atomic mass is 16.6. The molecule has 5 rings (SSSR count). The highest BCUT2D eigenvalue weighted by Gasteiger charge is 2.67. The third-order valence-electron chi connectivity index (χ3n) is 6.13. The van der Waals surface area contributed by atoms with Crippen molar-refractivity contribution < 1.29 is 29.0 Å². The molecule has 0 amide bonds. The molecule has 3 aliphatic heterocycles. The number of hydrogen-bond donors (Lipinski definition) is 1. The second-order valence-electron chi connectivity index (χ2n) is 7.93. The highest BCUT2D eigenvalue weighted by Crippen LogP contribution is 2.56. The highest BCUT2D eigenvalue weighted by molar-refractivity contribution is 6.20. The van der Waals surface area contributed by atoms with Crippen LogP contribution in [0, 0.1) is 23.7 Å². The van der Waals surface area contributed by atoms with Crippen LogP contribution in [0.1, 0.15) is 33.6 Å². The largest absolute Gasteiger partial charge is 0.486 e. The normalized spacial score (nSPS) is 47.3. The smallest absolute Gasteiger partial charge is 0.346 e. The number of aliphatic hydroxyl groups excluding tert-OH is 1. The van der Waals surface area contributed by atoms with Crippen molar-refractivity contribution in [2.24, 2.45) is 23.7 Å². The minimum absolute atomic E-state index is 0.0252. The fraction of sp³-hybridized carbons (Fsp3) is 0.632. The molecule has 1 N–H and O–H groups in total. The van der Waals surface area contributed by atoms with Crippen LogP contribution in [-0.2, 0) is 23.9 Å². The molecule has 0 aromatic rings. The summed E-state index contributed by atoms with van der Waals surface area (Å²) in [6.45, 7) is 5.41. The van der Waals surface area contributed by atoms with E-state index in [1.54, 1.807) is 19.9 Å². The number of esters is 1. The predicted octanol–water partition coefficient (Wildman–Crippen LogP) is 1.32. The minimum atomic E-state index is -1.18. The summed E-state index contributed by atoms with van der Waals surface area (Å²) in [5.74, 6) is -2.27.